The van der Waals surface area contributed by atoms with Crippen molar-refractivity contribution in [3.8, 4) is 0 Å². The summed E-state index contributed by atoms with van der Waals surface area (Å²) in [4.78, 5) is 19.3. The van der Waals surface area contributed by atoms with E-state index >= 15 is 0 Å². The average molecular weight is 349 g/mol. The number of hydrogen-bond donors (Lipinski definition) is 1. The maximum Gasteiger partial charge on any atom is 0.341 e. The summed E-state index contributed by atoms with van der Waals surface area (Å²) in [7, 11) is 5.10. The Morgan fingerprint density at radius 3 is 2.92 bits per heavy atom. The molecule has 0 aliphatic heterocycles. The monoisotopic (exact) mass is 349 g/mol. The van der Waals surface area contributed by atoms with Crippen molar-refractivity contribution in [2.45, 2.75) is 19.9 Å². The number of thiophene rings is 1. The third-order valence-corrected chi connectivity index (χ3v) is 4.58. The highest BCUT2D eigenvalue weighted by Gasteiger charge is 2.16. The predicted molar refractivity (Wildman–Crippen MR) is 95.6 cm³/mol. The van der Waals surface area contributed by atoms with Crippen molar-refractivity contribution in [3.63, 3.8) is 0 Å². The summed E-state index contributed by atoms with van der Waals surface area (Å²) in [5.41, 5.74) is 0.454. The van der Waals surface area contributed by atoms with Crippen LogP contribution in [-0.4, -0.2) is 44.6 Å². The maximum atomic E-state index is 11.6. The summed E-state index contributed by atoms with van der Waals surface area (Å²) in [5, 5.41) is 5.33. The number of nitrogens with one attached hydrogen (secondary N) is 1. The van der Waals surface area contributed by atoms with E-state index in [2.05, 4.69) is 32.7 Å². The van der Waals surface area contributed by atoms with Crippen LogP contribution in [-0.2, 0) is 17.7 Å². The molecule has 24 heavy (non-hydrogen) atoms. The zero-order chi connectivity index (χ0) is 17.5. The molecule has 2 rings (SSSR count). The lowest BCUT2D eigenvalue weighted by Crippen LogP contribution is -2.39. The Hall–Kier alpha value is -2.28. The molecule has 0 fully saturated rings. The third-order valence-electron chi connectivity index (χ3n) is 3.64. The number of likely N-dealkylation sites (N-methyl/N-ethyl adjacent to an activating group) is 1. The molecule has 0 radical (unpaired) electrons. The highest BCUT2D eigenvalue weighted by Crippen LogP contribution is 2.15. The van der Waals surface area contributed by atoms with E-state index in [-0.39, 0.29) is 5.97 Å². The van der Waals surface area contributed by atoms with Gasteiger partial charge in [0.05, 0.1) is 13.7 Å². The summed E-state index contributed by atoms with van der Waals surface area (Å²) in [6.45, 7) is 3.07. The van der Waals surface area contributed by atoms with Crippen LogP contribution in [0.1, 0.15) is 26.8 Å². The summed E-state index contributed by atoms with van der Waals surface area (Å²) >= 11 is 1.76. The first-order chi connectivity index (χ1) is 11.5. The maximum absolute atomic E-state index is 11.6. The quantitative estimate of drug-likeness (QED) is 0.493. The standard InChI is InChI=1S/C17H23N3O3S/c1-12-15(16(21)22-4)10-13(23-12)11-19-17(18-2)20(3)8-7-14-6-5-9-24-14/h5-6,9-10H,7-8,11H2,1-4H3,(H,18,19). The van der Waals surface area contributed by atoms with Gasteiger partial charge < -0.3 is 19.4 Å². The van der Waals surface area contributed by atoms with E-state index in [1.807, 2.05) is 7.05 Å². The van der Waals surface area contributed by atoms with Crippen molar-refractivity contribution in [1.82, 2.24) is 10.2 Å². The Labute approximate surface area is 146 Å². The van der Waals surface area contributed by atoms with Crippen molar-refractivity contribution in [2.75, 3.05) is 27.7 Å². The molecule has 0 unspecified atom stereocenters. The molecule has 2 aromatic rings. The number of nitrogens with zero attached hydrogens (tertiary/aromatic N) is 2. The molecule has 7 heteroatoms. The first-order valence-corrected chi connectivity index (χ1v) is 8.55. The van der Waals surface area contributed by atoms with Gasteiger partial charge in [0.1, 0.15) is 17.1 Å². The number of carbonyl (C=O) groups excluding carboxylic acids is 1. The van der Waals surface area contributed by atoms with Gasteiger partial charge in [-0.2, -0.15) is 0 Å². The Morgan fingerprint density at radius 2 is 2.29 bits per heavy atom. The molecule has 0 aromatic carbocycles. The molecule has 2 aromatic heterocycles. The number of aliphatic imine (C=N–C) groups is 1. The van der Waals surface area contributed by atoms with Crippen LogP contribution < -0.4 is 5.32 Å². The molecule has 0 aliphatic rings. The van der Waals surface area contributed by atoms with E-state index in [1.54, 1.807) is 31.4 Å². The lowest BCUT2D eigenvalue weighted by Gasteiger charge is -2.21. The summed E-state index contributed by atoms with van der Waals surface area (Å²) in [5.74, 6) is 1.61. The van der Waals surface area contributed by atoms with Crippen LogP contribution in [0.4, 0.5) is 0 Å². The van der Waals surface area contributed by atoms with Crippen LogP contribution in [0.25, 0.3) is 0 Å². The van der Waals surface area contributed by atoms with Crippen molar-refractivity contribution in [2.24, 2.45) is 4.99 Å². The molecule has 6 nitrogen and oxygen atoms in total. The van der Waals surface area contributed by atoms with Crippen LogP contribution in [0.5, 0.6) is 0 Å². The zero-order valence-electron chi connectivity index (χ0n) is 14.5. The third kappa shape index (κ3) is 4.61. The van der Waals surface area contributed by atoms with Gasteiger partial charge >= 0.3 is 5.97 Å². The molecular weight excluding hydrogens is 326 g/mol. The highest BCUT2D eigenvalue weighted by atomic mass is 32.1. The van der Waals surface area contributed by atoms with Crippen molar-refractivity contribution < 1.29 is 13.9 Å². The second-order valence-corrected chi connectivity index (χ2v) is 6.36. The minimum Gasteiger partial charge on any atom is -0.465 e. The van der Waals surface area contributed by atoms with E-state index in [0.29, 0.717) is 23.6 Å². The predicted octanol–water partition coefficient (Wildman–Crippen LogP) is 2.69. The number of ether oxygens (including phenoxy) is 1. The number of furan rings is 1. The van der Waals surface area contributed by atoms with Gasteiger partial charge in [-0.3, -0.25) is 4.99 Å². The second kappa shape index (κ2) is 8.54. The molecule has 1 N–H and O–H groups in total. The molecule has 0 aliphatic carbocycles. The van der Waals surface area contributed by atoms with Crippen molar-refractivity contribution >= 4 is 23.3 Å². The fourth-order valence-corrected chi connectivity index (χ4v) is 3.03. The topological polar surface area (TPSA) is 67.1 Å². The SMILES string of the molecule is CN=C(NCc1cc(C(=O)OC)c(C)o1)N(C)CCc1cccs1. The molecular formula is C17H23N3O3S. The second-order valence-electron chi connectivity index (χ2n) is 5.33. The van der Waals surface area contributed by atoms with Crippen LogP contribution in [0.3, 0.4) is 0 Å². The normalized spacial score (nSPS) is 11.4. The summed E-state index contributed by atoms with van der Waals surface area (Å²) in [6.07, 6.45) is 0.973. The fraction of sp³-hybridized carbons (Fsp3) is 0.412. The van der Waals surface area contributed by atoms with Gasteiger partial charge in [-0.15, -0.1) is 11.3 Å². The minimum atomic E-state index is -0.389. The molecule has 0 saturated carbocycles. The Morgan fingerprint density at radius 1 is 1.50 bits per heavy atom. The highest BCUT2D eigenvalue weighted by molar-refractivity contribution is 7.09. The molecule has 0 bridgehead atoms. The molecule has 0 saturated heterocycles. The number of aryl methyl sites for hydroxylation is 1. The minimum absolute atomic E-state index is 0.389. The lowest BCUT2D eigenvalue weighted by molar-refractivity contribution is 0.0599. The van der Waals surface area contributed by atoms with E-state index < -0.39 is 0 Å². The van der Waals surface area contributed by atoms with Crippen LogP contribution in [0, 0.1) is 6.92 Å². The van der Waals surface area contributed by atoms with Crippen molar-refractivity contribution in [3.05, 3.63) is 45.5 Å². The first-order valence-electron chi connectivity index (χ1n) is 7.67. The number of rotatable bonds is 6. The molecule has 130 valence electrons. The molecule has 0 atom stereocenters. The van der Waals surface area contributed by atoms with Gasteiger partial charge in [0, 0.05) is 25.5 Å². The number of methoxy groups -OCH3 is 1. The van der Waals surface area contributed by atoms with Gasteiger partial charge in [0.25, 0.3) is 0 Å². The van der Waals surface area contributed by atoms with Crippen LogP contribution >= 0.6 is 11.3 Å². The number of guanidine groups is 1. The largest absolute Gasteiger partial charge is 0.465 e. The lowest BCUT2D eigenvalue weighted by atomic mass is 10.2. The van der Waals surface area contributed by atoms with Gasteiger partial charge in [0.2, 0.25) is 0 Å². The van der Waals surface area contributed by atoms with E-state index in [0.717, 1.165) is 18.9 Å². The number of esters is 1. The van der Waals surface area contributed by atoms with Gasteiger partial charge in [-0.1, -0.05) is 6.07 Å². The Kier molecular flexibility index (Phi) is 6.43. The summed E-state index contributed by atoms with van der Waals surface area (Å²) < 4.78 is 10.3. The van der Waals surface area contributed by atoms with Gasteiger partial charge in [-0.05, 0) is 30.9 Å². The van der Waals surface area contributed by atoms with Gasteiger partial charge in [-0.25, -0.2) is 4.79 Å². The molecule has 0 amide bonds. The van der Waals surface area contributed by atoms with Crippen LogP contribution in [0.2, 0.25) is 0 Å². The smallest absolute Gasteiger partial charge is 0.341 e. The molecule has 2 heterocycles. The van der Waals surface area contributed by atoms with E-state index in [9.17, 15) is 4.79 Å². The van der Waals surface area contributed by atoms with Gasteiger partial charge in [0.15, 0.2) is 5.96 Å². The van der Waals surface area contributed by atoms with E-state index in [1.165, 1.54) is 12.0 Å². The zero-order valence-corrected chi connectivity index (χ0v) is 15.3. The Balaban J connectivity index is 1.90. The number of hydrogen-bond acceptors (Lipinski definition) is 5. The fourth-order valence-electron chi connectivity index (χ4n) is 2.33. The summed E-state index contributed by atoms with van der Waals surface area (Å²) in [6, 6.07) is 5.90. The Bertz CT molecular complexity index is 692. The number of carbonyl (C=O) groups is 1. The first kappa shape index (κ1) is 18.1. The van der Waals surface area contributed by atoms with Crippen molar-refractivity contribution in [1.29, 1.82) is 0 Å². The molecule has 0 spiro atoms. The van der Waals surface area contributed by atoms with Crippen LogP contribution in [0.15, 0.2) is 33.0 Å². The van der Waals surface area contributed by atoms with E-state index in [4.69, 9.17) is 9.15 Å². The average Bonchev–Trinajstić information content (AvgIpc) is 3.22.